The molecule has 1 fully saturated rings. The van der Waals surface area contributed by atoms with Gasteiger partial charge in [-0.1, -0.05) is 23.2 Å². The summed E-state index contributed by atoms with van der Waals surface area (Å²) in [5, 5.41) is 0.836. The Bertz CT molecular complexity index is 591. The van der Waals surface area contributed by atoms with E-state index in [0.717, 1.165) is 0 Å². The van der Waals surface area contributed by atoms with Crippen molar-refractivity contribution >= 4 is 34.9 Å². The normalized spacial score (nSPS) is 24.0. The Morgan fingerprint density at radius 2 is 2.05 bits per heavy atom. The fourth-order valence-corrected chi connectivity index (χ4v) is 3.11. The van der Waals surface area contributed by atoms with Crippen molar-refractivity contribution in [2.75, 3.05) is 13.1 Å². The number of ketones is 1. The number of amides is 1. The summed E-state index contributed by atoms with van der Waals surface area (Å²) < 4.78 is 0. The molecule has 2 N–H and O–H groups in total. The molecule has 1 aromatic carbocycles. The average Bonchev–Trinajstić information content (AvgIpc) is 2.81. The highest BCUT2D eigenvalue weighted by Gasteiger charge is 2.41. The van der Waals surface area contributed by atoms with Crippen LogP contribution in [0.15, 0.2) is 18.2 Å². The lowest BCUT2D eigenvalue weighted by atomic mass is 9.89. The van der Waals surface area contributed by atoms with Gasteiger partial charge in [0.1, 0.15) is 0 Å². The summed E-state index contributed by atoms with van der Waals surface area (Å²) in [6.45, 7) is 4.81. The number of likely N-dealkylation sites (tertiary alicyclic amines) is 1. The first-order valence-electron chi connectivity index (χ1n) is 6.78. The van der Waals surface area contributed by atoms with Gasteiger partial charge in [-0.3, -0.25) is 14.5 Å². The fourth-order valence-electron chi connectivity index (χ4n) is 2.61. The van der Waals surface area contributed by atoms with Crippen LogP contribution >= 0.6 is 23.2 Å². The Kier molecular flexibility index (Phi) is 4.61. The van der Waals surface area contributed by atoms with E-state index in [4.69, 9.17) is 28.9 Å². The maximum Gasteiger partial charge on any atom is 0.224 e. The van der Waals surface area contributed by atoms with Crippen LogP contribution in [0.4, 0.5) is 0 Å². The van der Waals surface area contributed by atoms with Crippen molar-refractivity contribution in [2.24, 2.45) is 11.1 Å². The van der Waals surface area contributed by atoms with Crippen LogP contribution in [0.2, 0.25) is 10.0 Å². The van der Waals surface area contributed by atoms with E-state index in [1.54, 1.807) is 18.2 Å². The molecule has 2 atom stereocenters. The van der Waals surface area contributed by atoms with Crippen LogP contribution in [0.3, 0.4) is 0 Å². The van der Waals surface area contributed by atoms with Crippen LogP contribution < -0.4 is 5.73 Å². The minimum absolute atomic E-state index is 0.0783. The minimum Gasteiger partial charge on any atom is -0.369 e. The third kappa shape index (κ3) is 3.23. The topological polar surface area (TPSA) is 63.4 Å². The largest absolute Gasteiger partial charge is 0.369 e. The summed E-state index contributed by atoms with van der Waals surface area (Å²) >= 11 is 11.9. The highest BCUT2D eigenvalue weighted by Crippen LogP contribution is 2.32. The Labute approximate surface area is 134 Å². The third-order valence-electron chi connectivity index (χ3n) is 4.22. The Morgan fingerprint density at radius 1 is 1.38 bits per heavy atom. The molecule has 0 saturated carbocycles. The number of carbonyl (C=O) groups is 2. The van der Waals surface area contributed by atoms with Crippen molar-refractivity contribution in [1.29, 1.82) is 0 Å². The molecule has 0 spiro atoms. The molecule has 6 heteroatoms. The van der Waals surface area contributed by atoms with Gasteiger partial charge in [0.15, 0.2) is 5.78 Å². The highest BCUT2D eigenvalue weighted by molar-refractivity contribution is 6.37. The molecule has 0 aliphatic carbocycles. The van der Waals surface area contributed by atoms with E-state index >= 15 is 0 Å². The van der Waals surface area contributed by atoms with E-state index < -0.39 is 5.41 Å². The third-order valence-corrected chi connectivity index (χ3v) is 4.77. The van der Waals surface area contributed by atoms with E-state index in [1.807, 2.05) is 18.7 Å². The molecule has 1 heterocycles. The molecular weight excluding hydrogens is 311 g/mol. The zero-order valence-corrected chi connectivity index (χ0v) is 13.5. The number of benzene rings is 1. The number of Topliss-reactive ketones (excluding diaryl/α,β-unsaturated/α-hetero) is 1. The number of hydrogen-bond acceptors (Lipinski definition) is 3. The van der Waals surface area contributed by atoms with Crippen molar-refractivity contribution in [3.8, 4) is 0 Å². The number of nitrogens with zero attached hydrogens (tertiary/aromatic N) is 1. The predicted octanol–water partition coefficient (Wildman–Crippen LogP) is 2.76. The maximum absolute atomic E-state index is 12.6. The van der Waals surface area contributed by atoms with E-state index in [1.165, 1.54) is 0 Å². The molecule has 2 unspecified atom stereocenters. The van der Waals surface area contributed by atoms with Gasteiger partial charge in [-0.2, -0.15) is 0 Å². The second-order valence-corrected chi connectivity index (χ2v) is 6.65. The smallest absolute Gasteiger partial charge is 0.224 e. The van der Waals surface area contributed by atoms with Gasteiger partial charge < -0.3 is 5.73 Å². The van der Waals surface area contributed by atoms with Crippen molar-refractivity contribution < 1.29 is 9.59 Å². The lowest BCUT2D eigenvalue weighted by molar-refractivity contribution is -0.126. The zero-order valence-electron chi connectivity index (χ0n) is 12.0. The molecule has 4 nitrogen and oxygen atoms in total. The molecule has 114 valence electrons. The number of rotatable bonds is 4. The number of carbonyl (C=O) groups excluding carboxylic acids is 2. The Morgan fingerprint density at radius 3 is 2.57 bits per heavy atom. The van der Waals surface area contributed by atoms with Crippen LogP contribution in [0.1, 0.15) is 30.6 Å². The van der Waals surface area contributed by atoms with Gasteiger partial charge in [-0.15, -0.1) is 0 Å². The van der Waals surface area contributed by atoms with E-state index in [2.05, 4.69) is 0 Å². The van der Waals surface area contributed by atoms with Crippen LogP contribution in [-0.4, -0.2) is 35.7 Å². The number of hydrogen-bond donors (Lipinski definition) is 1. The summed E-state index contributed by atoms with van der Waals surface area (Å²) in [5.41, 5.74) is 5.31. The first-order valence-corrected chi connectivity index (χ1v) is 7.53. The minimum atomic E-state index is -0.571. The molecule has 1 aliphatic heterocycles. The average molecular weight is 329 g/mol. The van der Waals surface area contributed by atoms with Crippen molar-refractivity contribution in [2.45, 2.75) is 26.3 Å². The Hall–Kier alpha value is -1.10. The van der Waals surface area contributed by atoms with Crippen molar-refractivity contribution in [3.05, 3.63) is 33.8 Å². The van der Waals surface area contributed by atoms with Crippen molar-refractivity contribution in [1.82, 2.24) is 4.90 Å². The van der Waals surface area contributed by atoms with Crippen LogP contribution in [-0.2, 0) is 4.79 Å². The monoisotopic (exact) mass is 328 g/mol. The summed E-state index contributed by atoms with van der Waals surface area (Å²) in [6.07, 6.45) is 0.661. The van der Waals surface area contributed by atoms with Crippen LogP contribution in [0.25, 0.3) is 0 Å². The molecule has 1 saturated heterocycles. The SMILES string of the molecule is CC(C(=O)c1ccc(Cl)cc1Cl)N1CCC(C)(C(N)=O)C1. The van der Waals surface area contributed by atoms with E-state index in [0.29, 0.717) is 35.1 Å². The number of primary amides is 1. The molecule has 0 aromatic heterocycles. The summed E-state index contributed by atoms with van der Waals surface area (Å²) in [5.74, 6) is -0.403. The summed E-state index contributed by atoms with van der Waals surface area (Å²) in [7, 11) is 0. The lowest BCUT2D eigenvalue weighted by Crippen LogP contribution is -2.42. The first-order chi connectivity index (χ1) is 9.74. The molecule has 0 radical (unpaired) electrons. The standard InChI is InChI=1S/C15H18Cl2N2O2/c1-9(19-6-5-15(2,8-19)14(18)21)13(20)11-4-3-10(16)7-12(11)17/h3-4,7,9H,5-6,8H2,1-2H3,(H2,18,21). The van der Waals surface area contributed by atoms with Crippen LogP contribution in [0.5, 0.6) is 0 Å². The molecular formula is C15H18Cl2N2O2. The van der Waals surface area contributed by atoms with Gasteiger partial charge in [0.05, 0.1) is 16.5 Å². The second kappa shape index (κ2) is 5.95. The molecule has 1 aromatic rings. The van der Waals surface area contributed by atoms with E-state index in [-0.39, 0.29) is 17.7 Å². The van der Waals surface area contributed by atoms with Gasteiger partial charge >= 0.3 is 0 Å². The van der Waals surface area contributed by atoms with Crippen molar-refractivity contribution in [3.63, 3.8) is 0 Å². The van der Waals surface area contributed by atoms with Gasteiger partial charge in [-0.25, -0.2) is 0 Å². The first kappa shape index (κ1) is 16.3. The predicted molar refractivity (Wildman–Crippen MR) is 83.7 cm³/mol. The van der Waals surface area contributed by atoms with Gasteiger partial charge in [-0.05, 0) is 45.0 Å². The van der Waals surface area contributed by atoms with E-state index in [9.17, 15) is 9.59 Å². The zero-order chi connectivity index (χ0) is 15.8. The summed E-state index contributed by atoms with van der Waals surface area (Å²) in [6, 6.07) is 4.48. The molecule has 21 heavy (non-hydrogen) atoms. The second-order valence-electron chi connectivity index (χ2n) is 5.81. The quantitative estimate of drug-likeness (QED) is 0.864. The molecule has 1 aliphatic rings. The van der Waals surface area contributed by atoms with Gasteiger partial charge in [0.2, 0.25) is 5.91 Å². The fraction of sp³-hybridized carbons (Fsp3) is 0.467. The Balaban J connectivity index is 2.15. The van der Waals surface area contributed by atoms with Gasteiger partial charge in [0.25, 0.3) is 0 Å². The highest BCUT2D eigenvalue weighted by atomic mass is 35.5. The molecule has 2 rings (SSSR count). The lowest BCUT2D eigenvalue weighted by Gasteiger charge is -2.25. The summed E-state index contributed by atoms with van der Waals surface area (Å²) in [4.78, 5) is 26.0. The number of halogens is 2. The molecule has 1 amide bonds. The van der Waals surface area contributed by atoms with Crippen LogP contribution in [0, 0.1) is 5.41 Å². The molecule has 0 bridgehead atoms. The number of nitrogens with two attached hydrogens (primary N) is 1. The van der Waals surface area contributed by atoms with Gasteiger partial charge in [0, 0.05) is 17.1 Å². The maximum atomic E-state index is 12.6.